The molecule has 0 spiro atoms. The van der Waals surface area contributed by atoms with Crippen molar-refractivity contribution in [2.45, 2.75) is 19.3 Å². The number of anilines is 3. The van der Waals surface area contributed by atoms with E-state index in [4.69, 9.17) is 0 Å². The fourth-order valence-corrected chi connectivity index (χ4v) is 9.34. The van der Waals surface area contributed by atoms with Gasteiger partial charge in [-0.1, -0.05) is 129 Å². The molecule has 8 aromatic carbocycles. The van der Waals surface area contributed by atoms with Crippen molar-refractivity contribution in [1.29, 1.82) is 0 Å². The highest BCUT2D eigenvalue weighted by Gasteiger charge is 2.37. The molecular weight excluding hydrogens is 611 g/mol. The van der Waals surface area contributed by atoms with Crippen LogP contribution < -0.4 is 4.90 Å². The third-order valence-corrected chi connectivity index (χ3v) is 11.7. The Morgan fingerprint density at radius 2 is 1.20 bits per heavy atom. The molecule has 0 N–H and O–H groups in total. The largest absolute Gasteiger partial charge is 0.310 e. The van der Waals surface area contributed by atoms with E-state index in [1.54, 1.807) is 0 Å². The van der Waals surface area contributed by atoms with E-state index < -0.39 is 0 Å². The second-order valence-electron chi connectivity index (χ2n) is 13.8. The van der Waals surface area contributed by atoms with Crippen LogP contribution in [0.2, 0.25) is 0 Å². The fourth-order valence-electron chi connectivity index (χ4n) is 8.22. The van der Waals surface area contributed by atoms with Gasteiger partial charge in [0.2, 0.25) is 0 Å². The minimum absolute atomic E-state index is 0.0878. The monoisotopic (exact) mass is 643 g/mol. The van der Waals surface area contributed by atoms with E-state index in [1.807, 2.05) is 11.3 Å². The molecule has 0 atom stereocenters. The molecule has 0 unspecified atom stereocenters. The predicted molar refractivity (Wildman–Crippen MR) is 212 cm³/mol. The van der Waals surface area contributed by atoms with Gasteiger partial charge in [-0.25, -0.2) is 0 Å². The number of thiophene rings is 1. The molecular formula is C47H33NS. The molecule has 1 aliphatic carbocycles. The average Bonchev–Trinajstić information content (AvgIpc) is 3.64. The van der Waals surface area contributed by atoms with Gasteiger partial charge in [-0.2, -0.15) is 0 Å². The lowest BCUT2D eigenvalue weighted by Gasteiger charge is -2.29. The van der Waals surface area contributed by atoms with Crippen molar-refractivity contribution in [3.63, 3.8) is 0 Å². The van der Waals surface area contributed by atoms with Crippen LogP contribution in [0.15, 0.2) is 164 Å². The lowest BCUT2D eigenvalue weighted by atomic mass is 9.82. The summed E-state index contributed by atoms with van der Waals surface area (Å²) in [6.07, 6.45) is 0. The van der Waals surface area contributed by atoms with Crippen LogP contribution in [0.3, 0.4) is 0 Å². The van der Waals surface area contributed by atoms with Crippen molar-refractivity contribution in [1.82, 2.24) is 0 Å². The van der Waals surface area contributed by atoms with Gasteiger partial charge >= 0.3 is 0 Å². The number of nitrogens with zero attached hydrogens (tertiary/aromatic N) is 1. The molecule has 1 aliphatic rings. The second kappa shape index (κ2) is 10.7. The Morgan fingerprint density at radius 1 is 0.469 bits per heavy atom. The molecule has 49 heavy (non-hydrogen) atoms. The summed E-state index contributed by atoms with van der Waals surface area (Å²) in [4.78, 5) is 2.48. The SMILES string of the molecule is CC1(C)c2ccccc2-c2c(N(c3cccc(-c4ccc5ccccc5c4)c3)c3ccc4c(ccc5sc6ccccc6c54)c3)cccc21. The van der Waals surface area contributed by atoms with Crippen molar-refractivity contribution >= 4 is 70.1 Å². The first-order valence-corrected chi connectivity index (χ1v) is 17.8. The highest BCUT2D eigenvalue weighted by atomic mass is 32.1. The van der Waals surface area contributed by atoms with Gasteiger partial charge in [-0.3, -0.25) is 0 Å². The van der Waals surface area contributed by atoms with E-state index in [-0.39, 0.29) is 5.41 Å². The zero-order valence-electron chi connectivity index (χ0n) is 27.4. The summed E-state index contributed by atoms with van der Waals surface area (Å²) < 4.78 is 2.67. The number of fused-ring (bicyclic) bond motifs is 9. The Hall–Kier alpha value is -5.70. The van der Waals surface area contributed by atoms with Crippen LogP contribution in [-0.4, -0.2) is 0 Å². The first kappa shape index (κ1) is 28.3. The maximum absolute atomic E-state index is 2.48. The van der Waals surface area contributed by atoms with Crippen LogP contribution in [0.25, 0.3) is 64.0 Å². The van der Waals surface area contributed by atoms with E-state index in [2.05, 4.69) is 183 Å². The van der Waals surface area contributed by atoms with Gasteiger partial charge in [0.25, 0.3) is 0 Å². The highest BCUT2D eigenvalue weighted by Crippen LogP contribution is 2.54. The van der Waals surface area contributed by atoms with E-state index in [0.717, 1.165) is 11.4 Å². The smallest absolute Gasteiger partial charge is 0.0543 e. The minimum Gasteiger partial charge on any atom is -0.310 e. The summed E-state index contributed by atoms with van der Waals surface area (Å²) in [5, 5.41) is 7.75. The molecule has 1 heterocycles. The van der Waals surface area contributed by atoms with Gasteiger partial charge in [0.15, 0.2) is 0 Å². The van der Waals surface area contributed by atoms with Crippen molar-refractivity contribution in [3.8, 4) is 22.3 Å². The van der Waals surface area contributed by atoms with Crippen LogP contribution in [0, 0.1) is 0 Å². The molecule has 0 saturated heterocycles. The van der Waals surface area contributed by atoms with Crippen LogP contribution in [0.5, 0.6) is 0 Å². The Kier molecular flexibility index (Phi) is 6.16. The van der Waals surface area contributed by atoms with Gasteiger partial charge in [-0.15, -0.1) is 11.3 Å². The van der Waals surface area contributed by atoms with Crippen molar-refractivity contribution in [3.05, 3.63) is 175 Å². The summed E-state index contributed by atoms with van der Waals surface area (Å²) in [6, 6.07) is 60.7. The van der Waals surface area contributed by atoms with Crippen LogP contribution in [0.1, 0.15) is 25.0 Å². The first-order valence-electron chi connectivity index (χ1n) is 17.0. The molecule has 0 amide bonds. The quantitative estimate of drug-likeness (QED) is 0.184. The second-order valence-corrected chi connectivity index (χ2v) is 14.8. The molecule has 0 aliphatic heterocycles. The predicted octanol–water partition coefficient (Wildman–Crippen LogP) is 13.8. The lowest BCUT2D eigenvalue weighted by Crippen LogP contribution is -2.16. The van der Waals surface area contributed by atoms with Crippen LogP contribution >= 0.6 is 11.3 Å². The number of benzene rings is 8. The zero-order valence-corrected chi connectivity index (χ0v) is 28.3. The molecule has 10 rings (SSSR count). The summed E-state index contributed by atoms with van der Waals surface area (Å²) in [5.74, 6) is 0. The third kappa shape index (κ3) is 4.31. The number of hydrogen-bond donors (Lipinski definition) is 0. The molecule has 2 heteroatoms. The maximum atomic E-state index is 2.48. The van der Waals surface area contributed by atoms with E-state index >= 15 is 0 Å². The van der Waals surface area contributed by atoms with Crippen molar-refractivity contribution in [2.75, 3.05) is 4.90 Å². The Labute approximate surface area is 290 Å². The lowest BCUT2D eigenvalue weighted by molar-refractivity contribution is 0.660. The molecule has 1 aromatic heterocycles. The van der Waals surface area contributed by atoms with Gasteiger partial charge in [0.05, 0.1) is 5.69 Å². The minimum atomic E-state index is -0.0878. The zero-order chi connectivity index (χ0) is 32.7. The van der Waals surface area contributed by atoms with Gasteiger partial charge in [0.1, 0.15) is 0 Å². The van der Waals surface area contributed by atoms with Crippen molar-refractivity contribution < 1.29 is 0 Å². The fraction of sp³-hybridized carbons (Fsp3) is 0.0638. The molecule has 9 aromatic rings. The molecule has 232 valence electrons. The highest BCUT2D eigenvalue weighted by molar-refractivity contribution is 7.26. The Morgan fingerprint density at radius 3 is 2.14 bits per heavy atom. The Bertz CT molecular complexity index is 2770. The standard InChI is InChI=1S/C47H33NS/c1-47(2)40-17-7-5-15-38(40)46-41(47)18-10-19-42(46)48(35-14-9-13-32(28-35)33-22-21-30-11-3-4-12-31(30)27-33)36-24-25-37-34(29-36)23-26-44-45(37)39-16-6-8-20-43(39)49-44/h3-29H,1-2H3. The van der Waals surface area contributed by atoms with Crippen molar-refractivity contribution in [2.24, 2.45) is 0 Å². The third-order valence-electron chi connectivity index (χ3n) is 10.6. The van der Waals surface area contributed by atoms with Gasteiger partial charge < -0.3 is 4.90 Å². The van der Waals surface area contributed by atoms with E-state index in [0.29, 0.717) is 0 Å². The summed E-state index contributed by atoms with van der Waals surface area (Å²) in [6.45, 7) is 4.72. The summed E-state index contributed by atoms with van der Waals surface area (Å²) in [5.41, 5.74) is 11.2. The van der Waals surface area contributed by atoms with Gasteiger partial charge in [0, 0.05) is 42.5 Å². The summed E-state index contributed by atoms with van der Waals surface area (Å²) >= 11 is 1.88. The molecule has 1 nitrogen and oxygen atoms in total. The van der Waals surface area contributed by atoms with E-state index in [9.17, 15) is 0 Å². The molecule has 0 bridgehead atoms. The van der Waals surface area contributed by atoms with E-state index in [1.165, 1.54) is 80.8 Å². The Balaban J connectivity index is 1.22. The molecule has 0 radical (unpaired) electrons. The van der Waals surface area contributed by atoms with Gasteiger partial charge in [-0.05, 0) is 97.9 Å². The maximum Gasteiger partial charge on any atom is 0.0543 e. The number of rotatable bonds is 4. The van der Waals surface area contributed by atoms with Crippen LogP contribution in [0.4, 0.5) is 17.1 Å². The molecule has 0 saturated carbocycles. The van der Waals surface area contributed by atoms with Crippen LogP contribution in [-0.2, 0) is 5.41 Å². The summed E-state index contributed by atoms with van der Waals surface area (Å²) in [7, 11) is 0. The topological polar surface area (TPSA) is 3.24 Å². The first-order chi connectivity index (χ1) is 24.0. The average molecular weight is 644 g/mol. The number of hydrogen-bond acceptors (Lipinski definition) is 2. The molecule has 0 fully saturated rings. The normalized spacial score (nSPS) is 13.3.